The van der Waals surface area contributed by atoms with Gasteiger partial charge in [-0.05, 0) is 18.9 Å². The van der Waals surface area contributed by atoms with Crippen LogP contribution >= 0.6 is 0 Å². The number of hydrogen-bond acceptors (Lipinski definition) is 5. The van der Waals surface area contributed by atoms with E-state index < -0.39 is 17.4 Å². The highest BCUT2D eigenvalue weighted by Gasteiger charge is 2.44. The Morgan fingerprint density at radius 1 is 1.24 bits per heavy atom. The molecular formula is C12H18O5. The Hall–Kier alpha value is -0.910. The van der Waals surface area contributed by atoms with Crippen LogP contribution in [0.1, 0.15) is 25.7 Å². The molecule has 17 heavy (non-hydrogen) atoms. The fourth-order valence-corrected chi connectivity index (χ4v) is 2.31. The van der Waals surface area contributed by atoms with Crippen LogP contribution in [0.25, 0.3) is 0 Å². The summed E-state index contributed by atoms with van der Waals surface area (Å²) in [5.74, 6) is -0.946. The lowest BCUT2D eigenvalue weighted by Crippen LogP contribution is -2.42. The van der Waals surface area contributed by atoms with Gasteiger partial charge in [0.2, 0.25) is 0 Å². The number of carbonyl (C=O) groups excluding carboxylic acids is 1. The van der Waals surface area contributed by atoms with Gasteiger partial charge in [-0.1, -0.05) is 0 Å². The van der Waals surface area contributed by atoms with Gasteiger partial charge in [0.25, 0.3) is 0 Å². The first-order valence-corrected chi connectivity index (χ1v) is 5.85. The van der Waals surface area contributed by atoms with Gasteiger partial charge in [-0.3, -0.25) is 0 Å². The van der Waals surface area contributed by atoms with Crippen LogP contribution in [0.3, 0.4) is 0 Å². The monoisotopic (exact) mass is 242 g/mol. The molecule has 0 bridgehead atoms. The summed E-state index contributed by atoms with van der Waals surface area (Å²) in [6, 6.07) is 0. The molecule has 1 aliphatic heterocycles. The van der Waals surface area contributed by atoms with Crippen LogP contribution in [0.2, 0.25) is 0 Å². The predicted molar refractivity (Wildman–Crippen MR) is 59.2 cm³/mol. The van der Waals surface area contributed by atoms with Gasteiger partial charge in [0.15, 0.2) is 5.79 Å². The van der Waals surface area contributed by atoms with Crippen molar-refractivity contribution in [3.63, 3.8) is 0 Å². The summed E-state index contributed by atoms with van der Waals surface area (Å²) in [5, 5.41) is 10.3. The van der Waals surface area contributed by atoms with Crippen molar-refractivity contribution in [2.45, 2.75) is 37.1 Å². The number of aliphatic hydroxyl groups is 1. The van der Waals surface area contributed by atoms with Gasteiger partial charge in [-0.25, -0.2) is 4.79 Å². The molecule has 96 valence electrons. The third-order valence-electron chi connectivity index (χ3n) is 3.42. The largest absolute Gasteiger partial charge is 0.466 e. The third-order valence-corrected chi connectivity index (χ3v) is 3.42. The molecule has 2 fully saturated rings. The number of hydrogen-bond donors (Lipinski definition) is 1. The molecule has 0 aromatic heterocycles. The number of rotatable bonds is 2. The maximum absolute atomic E-state index is 11.0. The first kappa shape index (κ1) is 12.5. The molecule has 1 heterocycles. The van der Waals surface area contributed by atoms with Crippen molar-refractivity contribution in [2.24, 2.45) is 0 Å². The first-order chi connectivity index (χ1) is 8.08. The van der Waals surface area contributed by atoms with Crippen LogP contribution in [0.4, 0.5) is 0 Å². The van der Waals surface area contributed by atoms with Crippen LogP contribution < -0.4 is 0 Å². The Kier molecular flexibility index (Phi) is 3.51. The van der Waals surface area contributed by atoms with Crippen molar-refractivity contribution in [3.05, 3.63) is 12.2 Å². The molecule has 0 unspecified atom stereocenters. The van der Waals surface area contributed by atoms with Gasteiger partial charge in [-0.2, -0.15) is 0 Å². The van der Waals surface area contributed by atoms with Gasteiger partial charge in [0.05, 0.1) is 25.9 Å². The van der Waals surface area contributed by atoms with Crippen molar-refractivity contribution in [3.8, 4) is 0 Å². The van der Waals surface area contributed by atoms with E-state index >= 15 is 0 Å². The summed E-state index contributed by atoms with van der Waals surface area (Å²) in [6.45, 7) is 1.24. The number of esters is 1. The minimum absolute atomic E-state index is 0.452. The minimum Gasteiger partial charge on any atom is -0.466 e. The summed E-state index contributed by atoms with van der Waals surface area (Å²) < 4.78 is 15.6. The van der Waals surface area contributed by atoms with Crippen LogP contribution in [-0.2, 0) is 19.0 Å². The SMILES string of the molecule is COC(=O)C=CC1(O)CCC2(CC1)OCCO2. The van der Waals surface area contributed by atoms with E-state index in [9.17, 15) is 9.90 Å². The highest BCUT2D eigenvalue weighted by atomic mass is 16.7. The molecule has 1 aliphatic carbocycles. The van der Waals surface area contributed by atoms with Gasteiger partial charge in [-0.15, -0.1) is 0 Å². The zero-order chi connectivity index (χ0) is 12.4. The number of methoxy groups -OCH3 is 1. The van der Waals surface area contributed by atoms with Crippen molar-refractivity contribution in [2.75, 3.05) is 20.3 Å². The van der Waals surface area contributed by atoms with E-state index in [1.165, 1.54) is 19.3 Å². The predicted octanol–water partition coefficient (Wildman–Crippen LogP) is 0.764. The van der Waals surface area contributed by atoms with Crippen LogP contribution in [0.5, 0.6) is 0 Å². The van der Waals surface area contributed by atoms with Gasteiger partial charge in [0, 0.05) is 18.9 Å². The van der Waals surface area contributed by atoms with E-state index in [1.54, 1.807) is 0 Å². The Bertz CT molecular complexity index is 307. The lowest BCUT2D eigenvalue weighted by Gasteiger charge is -2.39. The summed E-state index contributed by atoms with van der Waals surface area (Å²) in [6.07, 6.45) is 5.14. The molecule has 2 rings (SSSR count). The molecule has 1 saturated heterocycles. The van der Waals surface area contributed by atoms with Gasteiger partial charge >= 0.3 is 5.97 Å². The fraction of sp³-hybridized carbons (Fsp3) is 0.750. The van der Waals surface area contributed by atoms with Crippen molar-refractivity contribution < 1.29 is 24.1 Å². The average Bonchev–Trinajstić information content (AvgIpc) is 2.80. The quantitative estimate of drug-likeness (QED) is 0.572. The molecule has 0 amide bonds. The molecule has 0 atom stereocenters. The molecule has 0 aromatic rings. The highest BCUT2D eigenvalue weighted by Crippen LogP contribution is 2.40. The lowest BCUT2D eigenvalue weighted by atomic mass is 9.81. The van der Waals surface area contributed by atoms with Crippen LogP contribution in [-0.4, -0.2) is 42.8 Å². The zero-order valence-electron chi connectivity index (χ0n) is 9.98. The summed E-state index contributed by atoms with van der Waals surface area (Å²) in [5.41, 5.74) is -0.950. The summed E-state index contributed by atoms with van der Waals surface area (Å²) in [7, 11) is 1.31. The number of ether oxygens (including phenoxy) is 3. The molecule has 1 saturated carbocycles. The summed E-state index contributed by atoms with van der Waals surface area (Å²) in [4.78, 5) is 11.0. The van der Waals surface area contributed by atoms with Crippen molar-refractivity contribution >= 4 is 5.97 Å². The first-order valence-electron chi connectivity index (χ1n) is 5.85. The molecule has 0 radical (unpaired) electrons. The van der Waals surface area contributed by atoms with Crippen molar-refractivity contribution in [1.82, 2.24) is 0 Å². The maximum Gasteiger partial charge on any atom is 0.330 e. The van der Waals surface area contributed by atoms with E-state index in [0.717, 1.165) is 0 Å². The van der Waals surface area contributed by atoms with Crippen LogP contribution in [0, 0.1) is 0 Å². The Balaban J connectivity index is 1.92. The molecule has 2 aliphatic rings. The third kappa shape index (κ3) is 2.86. The molecule has 5 nitrogen and oxygen atoms in total. The smallest absolute Gasteiger partial charge is 0.330 e. The normalized spacial score (nSPS) is 26.5. The van der Waals surface area contributed by atoms with E-state index in [4.69, 9.17) is 9.47 Å². The van der Waals surface area contributed by atoms with E-state index in [0.29, 0.717) is 38.9 Å². The standard InChI is InChI=1S/C12H18O5/c1-15-10(13)2-3-11(14)4-6-12(7-5-11)16-8-9-17-12/h2-3,14H,4-9H2,1H3. The van der Waals surface area contributed by atoms with Gasteiger partial charge in [0.1, 0.15) is 0 Å². The van der Waals surface area contributed by atoms with E-state index in [-0.39, 0.29) is 0 Å². The average molecular weight is 242 g/mol. The van der Waals surface area contributed by atoms with Crippen LogP contribution in [0.15, 0.2) is 12.2 Å². The second-order valence-electron chi connectivity index (χ2n) is 4.57. The van der Waals surface area contributed by atoms with E-state index in [2.05, 4.69) is 4.74 Å². The lowest BCUT2D eigenvalue weighted by molar-refractivity contribution is -0.196. The topological polar surface area (TPSA) is 65.0 Å². The van der Waals surface area contributed by atoms with Gasteiger partial charge < -0.3 is 19.3 Å². The second-order valence-corrected chi connectivity index (χ2v) is 4.57. The maximum atomic E-state index is 11.0. The highest BCUT2D eigenvalue weighted by molar-refractivity contribution is 5.81. The van der Waals surface area contributed by atoms with Crippen molar-refractivity contribution in [1.29, 1.82) is 0 Å². The number of carbonyl (C=O) groups is 1. The molecule has 5 heteroatoms. The Morgan fingerprint density at radius 3 is 2.35 bits per heavy atom. The molecular weight excluding hydrogens is 224 g/mol. The molecule has 1 N–H and O–H groups in total. The second kappa shape index (κ2) is 4.76. The Labute approximate surface area is 100 Å². The fourth-order valence-electron chi connectivity index (χ4n) is 2.31. The molecule has 0 aromatic carbocycles. The minimum atomic E-state index is -0.950. The molecule has 1 spiro atoms. The Morgan fingerprint density at radius 2 is 1.82 bits per heavy atom. The summed E-state index contributed by atoms with van der Waals surface area (Å²) >= 11 is 0. The van der Waals surface area contributed by atoms with E-state index in [1.807, 2.05) is 0 Å². The zero-order valence-corrected chi connectivity index (χ0v) is 9.98.